The van der Waals surface area contributed by atoms with E-state index in [1.807, 2.05) is 43.3 Å². The van der Waals surface area contributed by atoms with E-state index in [1.165, 1.54) is 0 Å². The van der Waals surface area contributed by atoms with Gasteiger partial charge in [0.05, 0.1) is 29.2 Å². The smallest absolute Gasteiger partial charge is 0.261 e. The molecule has 2 aromatic heterocycles. The summed E-state index contributed by atoms with van der Waals surface area (Å²) in [7, 11) is 0. The molecular formula is C17H15N3O2. The van der Waals surface area contributed by atoms with Crippen molar-refractivity contribution in [2.24, 2.45) is 0 Å². The van der Waals surface area contributed by atoms with E-state index in [0.717, 1.165) is 11.3 Å². The zero-order valence-electron chi connectivity index (χ0n) is 12.2. The third-order valence-corrected chi connectivity index (χ3v) is 3.93. The number of nitrogens with zero attached hydrogens (tertiary/aromatic N) is 3. The number of hydrogen-bond acceptors (Lipinski definition) is 4. The van der Waals surface area contributed by atoms with Gasteiger partial charge in [0.25, 0.3) is 5.56 Å². The van der Waals surface area contributed by atoms with Crippen LogP contribution in [0.3, 0.4) is 0 Å². The Kier molecular flexibility index (Phi) is 3.01. The van der Waals surface area contributed by atoms with Crippen LogP contribution in [0.2, 0.25) is 0 Å². The van der Waals surface area contributed by atoms with Crippen molar-refractivity contribution in [1.82, 2.24) is 14.5 Å². The molecule has 1 aliphatic rings. The summed E-state index contributed by atoms with van der Waals surface area (Å²) in [5.74, 6) is 0.689. The fourth-order valence-electron chi connectivity index (χ4n) is 2.78. The van der Waals surface area contributed by atoms with Crippen molar-refractivity contribution in [1.29, 1.82) is 0 Å². The summed E-state index contributed by atoms with van der Waals surface area (Å²) in [5.41, 5.74) is 2.52. The SMILES string of the molecule is CC1Cn2c(nc3cc(-c4ccccn4)ccc3c2=O)CO1. The van der Waals surface area contributed by atoms with Gasteiger partial charge >= 0.3 is 0 Å². The average Bonchev–Trinajstić information content (AvgIpc) is 2.56. The predicted octanol–water partition coefficient (Wildman–Crippen LogP) is 2.38. The molecule has 0 saturated heterocycles. The Bertz CT molecular complexity index is 903. The van der Waals surface area contributed by atoms with Crippen LogP contribution in [-0.2, 0) is 17.9 Å². The Morgan fingerprint density at radius 1 is 1.27 bits per heavy atom. The van der Waals surface area contributed by atoms with Gasteiger partial charge in [0.15, 0.2) is 0 Å². The molecule has 0 spiro atoms. The van der Waals surface area contributed by atoms with E-state index in [9.17, 15) is 4.79 Å². The lowest BCUT2D eigenvalue weighted by Crippen LogP contribution is -2.35. The first-order chi connectivity index (χ1) is 10.7. The lowest BCUT2D eigenvalue weighted by Gasteiger charge is -2.23. The van der Waals surface area contributed by atoms with E-state index < -0.39 is 0 Å². The highest BCUT2D eigenvalue weighted by molar-refractivity contribution is 5.82. The van der Waals surface area contributed by atoms with Gasteiger partial charge in [-0.15, -0.1) is 0 Å². The van der Waals surface area contributed by atoms with Crippen LogP contribution in [0.25, 0.3) is 22.2 Å². The standard InChI is InChI=1S/C17H15N3O2/c1-11-9-20-16(10-22-11)19-15-8-12(5-6-13(15)17(20)21)14-4-2-3-7-18-14/h2-8,11H,9-10H2,1H3. The summed E-state index contributed by atoms with van der Waals surface area (Å²) >= 11 is 0. The molecule has 3 aromatic rings. The van der Waals surface area contributed by atoms with Crippen molar-refractivity contribution in [2.75, 3.05) is 0 Å². The molecule has 5 nitrogen and oxygen atoms in total. The number of hydrogen-bond donors (Lipinski definition) is 0. The van der Waals surface area contributed by atoms with E-state index in [2.05, 4.69) is 9.97 Å². The molecule has 1 aliphatic heterocycles. The maximum atomic E-state index is 12.6. The van der Waals surface area contributed by atoms with Gasteiger partial charge in [-0.3, -0.25) is 14.3 Å². The first-order valence-corrected chi connectivity index (χ1v) is 7.29. The van der Waals surface area contributed by atoms with Crippen LogP contribution in [0.5, 0.6) is 0 Å². The van der Waals surface area contributed by atoms with Crippen LogP contribution < -0.4 is 5.56 Å². The summed E-state index contributed by atoms with van der Waals surface area (Å²) in [6.45, 7) is 2.89. The quantitative estimate of drug-likeness (QED) is 0.691. The summed E-state index contributed by atoms with van der Waals surface area (Å²) in [6, 6.07) is 11.4. The van der Waals surface area contributed by atoms with Crippen molar-refractivity contribution >= 4 is 10.9 Å². The second kappa shape index (κ2) is 5.03. The topological polar surface area (TPSA) is 57.0 Å². The fraction of sp³-hybridized carbons (Fsp3) is 0.235. The van der Waals surface area contributed by atoms with Gasteiger partial charge < -0.3 is 4.74 Å². The monoisotopic (exact) mass is 293 g/mol. The van der Waals surface area contributed by atoms with Gasteiger partial charge in [0, 0.05) is 11.8 Å². The summed E-state index contributed by atoms with van der Waals surface area (Å²) < 4.78 is 7.31. The van der Waals surface area contributed by atoms with E-state index in [0.29, 0.717) is 29.9 Å². The number of pyridine rings is 1. The fourth-order valence-corrected chi connectivity index (χ4v) is 2.78. The molecule has 0 saturated carbocycles. The molecule has 0 aliphatic carbocycles. The van der Waals surface area contributed by atoms with E-state index in [-0.39, 0.29) is 11.7 Å². The minimum atomic E-state index is 0.00252. The first-order valence-electron chi connectivity index (χ1n) is 7.29. The van der Waals surface area contributed by atoms with E-state index in [4.69, 9.17) is 4.74 Å². The Labute approximate surface area is 127 Å². The average molecular weight is 293 g/mol. The number of rotatable bonds is 1. The Balaban J connectivity index is 1.91. The molecule has 5 heteroatoms. The maximum Gasteiger partial charge on any atom is 0.261 e. The van der Waals surface area contributed by atoms with Crippen molar-refractivity contribution in [3.63, 3.8) is 0 Å². The van der Waals surface area contributed by atoms with E-state index >= 15 is 0 Å². The van der Waals surface area contributed by atoms with Gasteiger partial charge in [-0.05, 0) is 31.2 Å². The zero-order chi connectivity index (χ0) is 15.1. The van der Waals surface area contributed by atoms with Crippen molar-refractivity contribution in [3.05, 3.63) is 58.8 Å². The molecule has 110 valence electrons. The first kappa shape index (κ1) is 13.2. The Morgan fingerprint density at radius 3 is 3.00 bits per heavy atom. The minimum Gasteiger partial charge on any atom is -0.369 e. The maximum absolute atomic E-state index is 12.6. The van der Waals surface area contributed by atoms with Crippen LogP contribution in [0.4, 0.5) is 0 Å². The number of benzene rings is 1. The van der Waals surface area contributed by atoms with Crippen LogP contribution >= 0.6 is 0 Å². The second-order valence-electron chi connectivity index (χ2n) is 5.51. The normalized spacial score (nSPS) is 17.4. The minimum absolute atomic E-state index is 0.00252. The third kappa shape index (κ3) is 2.10. The molecule has 0 amide bonds. The molecule has 0 radical (unpaired) electrons. The number of aromatic nitrogens is 3. The van der Waals surface area contributed by atoms with Gasteiger partial charge in [-0.1, -0.05) is 12.1 Å². The van der Waals surface area contributed by atoms with Gasteiger partial charge in [-0.25, -0.2) is 4.98 Å². The van der Waals surface area contributed by atoms with E-state index in [1.54, 1.807) is 10.8 Å². The van der Waals surface area contributed by atoms with Gasteiger partial charge in [0.1, 0.15) is 12.4 Å². The summed E-state index contributed by atoms with van der Waals surface area (Å²) in [6.07, 6.45) is 1.79. The largest absolute Gasteiger partial charge is 0.369 e. The zero-order valence-corrected chi connectivity index (χ0v) is 12.2. The van der Waals surface area contributed by atoms with Gasteiger partial charge in [-0.2, -0.15) is 0 Å². The molecule has 1 unspecified atom stereocenters. The van der Waals surface area contributed by atoms with Crippen molar-refractivity contribution < 1.29 is 4.74 Å². The van der Waals surface area contributed by atoms with Crippen LogP contribution in [0.1, 0.15) is 12.7 Å². The van der Waals surface area contributed by atoms with Crippen LogP contribution in [-0.4, -0.2) is 20.6 Å². The van der Waals surface area contributed by atoms with Crippen LogP contribution in [0.15, 0.2) is 47.4 Å². The number of ether oxygens (including phenoxy) is 1. The van der Waals surface area contributed by atoms with Gasteiger partial charge in [0.2, 0.25) is 0 Å². The van der Waals surface area contributed by atoms with Crippen molar-refractivity contribution in [3.8, 4) is 11.3 Å². The molecule has 0 fully saturated rings. The predicted molar refractivity (Wildman–Crippen MR) is 83.5 cm³/mol. The molecular weight excluding hydrogens is 278 g/mol. The van der Waals surface area contributed by atoms with Crippen molar-refractivity contribution in [2.45, 2.75) is 26.2 Å². The highest BCUT2D eigenvalue weighted by atomic mass is 16.5. The molecule has 4 rings (SSSR count). The molecule has 1 atom stereocenters. The summed E-state index contributed by atoms with van der Waals surface area (Å²) in [4.78, 5) is 21.6. The molecule has 0 bridgehead atoms. The third-order valence-electron chi connectivity index (χ3n) is 3.93. The van der Waals surface area contributed by atoms with Crippen LogP contribution in [0, 0.1) is 0 Å². The summed E-state index contributed by atoms with van der Waals surface area (Å²) in [5, 5.41) is 0.637. The lowest BCUT2D eigenvalue weighted by atomic mass is 10.1. The second-order valence-corrected chi connectivity index (χ2v) is 5.51. The lowest BCUT2D eigenvalue weighted by molar-refractivity contribution is 0.0117. The Morgan fingerprint density at radius 2 is 2.18 bits per heavy atom. The molecule has 22 heavy (non-hydrogen) atoms. The Hall–Kier alpha value is -2.53. The molecule has 0 N–H and O–H groups in total. The number of fused-ring (bicyclic) bond motifs is 2. The highest BCUT2D eigenvalue weighted by Crippen LogP contribution is 2.21. The molecule has 3 heterocycles. The molecule has 1 aromatic carbocycles. The highest BCUT2D eigenvalue weighted by Gasteiger charge is 2.19.